The van der Waals surface area contributed by atoms with Gasteiger partial charge in [-0.15, -0.1) is 0 Å². The van der Waals surface area contributed by atoms with Gasteiger partial charge in [0.2, 0.25) is 0 Å². The Hall–Kier alpha value is -1.31. The van der Waals surface area contributed by atoms with Crippen LogP contribution in [0.4, 0.5) is 0 Å². The van der Waals surface area contributed by atoms with Crippen LogP contribution < -0.4 is 0 Å². The lowest BCUT2D eigenvalue weighted by Crippen LogP contribution is -2.41. The van der Waals surface area contributed by atoms with E-state index in [2.05, 4.69) is 46.8 Å². The maximum absolute atomic E-state index is 12.7. The van der Waals surface area contributed by atoms with Gasteiger partial charge in [0, 0.05) is 0 Å². The molecule has 1 N–H and O–H groups in total. The van der Waals surface area contributed by atoms with E-state index in [1.807, 2.05) is 18.2 Å². The van der Waals surface area contributed by atoms with Gasteiger partial charge < -0.3 is 5.11 Å². The molecule has 2 nitrogen and oxygen atoms in total. The summed E-state index contributed by atoms with van der Waals surface area (Å²) in [7, 11) is 0. The predicted molar refractivity (Wildman–Crippen MR) is 139 cm³/mol. The third-order valence-corrected chi connectivity index (χ3v) is 7.35. The van der Waals surface area contributed by atoms with E-state index in [-0.39, 0.29) is 11.3 Å². The van der Waals surface area contributed by atoms with E-state index in [1.54, 1.807) is 0 Å². The molecule has 0 saturated heterocycles. The first-order chi connectivity index (χ1) is 15.2. The summed E-state index contributed by atoms with van der Waals surface area (Å²) in [5, 5.41) is 10.4. The SMILES string of the molecule is CCCCCCCCCCCCC(CCC(C)(C)C)C(CC)(Cc1ccccc1)C(=O)O. The smallest absolute Gasteiger partial charge is 0.310 e. The predicted octanol–water partition coefficient (Wildman–Crippen LogP) is 9.46. The van der Waals surface area contributed by atoms with Gasteiger partial charge >= 0.3 is 5.97 Å². The van der Waals surface area contributed by atoms with Crippen molar-refractivity contribution in [1.82, 2.24) is 0 Å². The van der Waals surface area contributed by atoms with Crippen molar-refractivity contribution < 1.29 is 9.90 Å². The van der Waals surface area contributed by atoms with Crippen LogP contribution in [0.2, 0.25) is 0 Å². The molecule has 0 bridgehead atoms. The van der Waals surface area contributed by atoms with Crippen LogP contribution in [0.5, 0.6) is 0 Å². The number of hydrogen-bond donors (Lipinski definition) is 1. The van der Waals surface area contributed by atoms with Gasteiger partial charge in [-0.3, -0.25) is 4.79 Å². The summed E-state index contributed by atoms with van der Waals surface area (Å²) >= 11 is 0. The van der Waals surface area contributed by atoms with Crippen molar-refractivity contribution in [1.29, 1.82) is 0 Å². The molecular weight excluding hydrogens is 392 g/mol. The fourth-order valence-corrected chi connectivity index (χ4v) is 5.10. The van der Waals surface area contributed by atoms with Gasteiger partial charge in [-0.25, -0.2) is 0 Å². The van der Waals surface area contributed by atoms with Crippen molar-refractivity contribution in [3.8, 4) is 0 Å². The first-order valence-electron chi connectivity index (χ1n) is 13.5. The van der Waals surface area contributed by atoms with E-state index < -0.39 is 11.4 Å². The number of rotatable bonds is 18. The molecule has 32 heavy (non-hydrogen) atoms. The van der Waals surface area contributed by atoms with Crippen molar-refractivity contribution in [3.63, 3.8) is 0 Å². The minimum absolute atomic E-state index is 0.235. The van der Waals surface area contributed by atoms with Crippen LogP contribution in [0.3, 0.4) is 0 Å². The van der Waals surface area contributed by atoms with Gasteiger partial charge in [0.05, 0.1) is 5.41 Å². The summed E-state index contributed by atoms with van der Waals surface area (Å²) in [6, 6.07) is 10.3. The van der Waals surface area contributed by atoms with E-state index >= 15 is 0 Å². The molecule has 0 aliphatic heterocycles. The molecule has 0 saturated carbocycles. The molecule has 0 aliphatic carbocycles. The highest BCUT2D eigenvalue weighted by atomic mass is 16.4. The fraction of sp³-hybridized carbons (Fsp3) is 0.767. The van der Waals surface area contributed by atoms with Crippen LogP contribution in [0, 0.1) is 16.7 Å². The zero-order valence-electron chi connectivity index (χ0n) is 21.9. The molecule has 1 aromatic carbocycles. The average molecular weight is 445 g/mol. The summed E-state index contributed by atoms with van der Waals surface area (Å²) < 4.78 is 0. The van der Waals surface area contributed by atoms with E-state index in [0.29, 0.717) is 12.8 Å². The lowest BCUT2D eigenvalue weighted by Gasteiger charge is -2.38. The van der Waals surface area contributed by atoms with Gasteiger partial charge in [0.15, 0.2) is 0 Å². The molecule has 1 aromatic rings. The molecule has 0 amide bonds. The van der Waals surface area contributed by atoms with Gasteiger partial charge in [-0.05, 0) is 49.0 Å². The highest BCUT2D eigenvalue weighted by Gasteiger charge is 2.44. The zero-order valence-corrected chi connectivity index (χ0v) is 21.9. The van der Waals surface area contributed by atoms with Crippen LogP contribution in [0.15, 0.2) is 30.3 Å². The van der Waals surface area contributed by atoms with E-state index in [4.69, 9.17) is 0 Å². The Morgan fingerprint density at radius 1 is 0.812 bits per heavy atom. The van der Waals surface area contributed by atoms with Crippen molar-refractivity contribution in [2.45, 2.75) is 131 Å². The molecule has 1 rings (SSSR count). The Balaban J connectivity index is 2.70. The van der Waals surface area contributed by atoms with Gasteiger partial charge in [-0.1, -0.05) is 129 Å². The quantitative estimate of drug-likeness (QED) is 0.229. The molecule has 0 fully saturated rings. The third kappa shape index (κ3) is 11.0. The number of carboxylic acids is 1. The highest BCUT2D eigenvalue weighted by molar-refractivity contribution is 5.75. The van der Waals surface area contributed by atoms with Crippen molar-refractivity contribution >= 4 is 5.97 Å². The first-order valence-corrected chi connectivity index (χ1v) is 13.5. The molecule has 2 heteroatoms. The molecule has 0 aromatic heterocycles. The van der Waals surface area contributed by atoms with Crippen LogP contribution in [-0.4, -0.2) is 11.1 Å². The second kappa shape index (κ2) is 15.5. The summed E-state index contributed by atoms with van der Waals surface area (Å²) in [6.45, 7) is 11.2. The summed E-state index contributed by atoms with van der Waals surface area (Å²) in [6.07, 6.45) is 17.7. The zero-order chi connectivity index (χ0) is 23.9. The Bertz CT molecular complexity index is 601. The molecule has 0 spiro atoms. The summed E-state index contributed by atoms with van der Waals surface area (Å²) in [5.74, 6) is -0.367. The van der Waals surface area contributed by atoms with E-state index in [1.165, 1.54) is 57.8 Å². The van der Waals surface area contributed by atoms with Gasteiger partial charge in [0.25, 0.3) is 0 Å². The third-order valence-electron chi connectivity index (χ3n) is 7.35. The van der Waals surface area contributed by atoms with E-state index in [9.17, 15) is 9.90 Å². The number of hydrogen-bond acceptors (Lipinski definition) is 1. The minimum Gasteiger partial charge on any atom is -0.481 e. The van der Waals surface area contributed by atoms with Crippen LogP contribution in [-0.2, 0) is 11.2 Å². The molecule has 2 atom stereocenters. The van der Waals surface area contributed by atoms with Crippen molar-refractivity contribution in [3.05, 3.63) is 35.9 Å². The summed E-state index contributed by atoms with van der Waals surface area (Å²) in [5.41, 5.74) is 0.729. The van der Waals surface area contributed by atoms with Crippen LogP contribution in [0.1, 0.15) is 130 Å². The number of aliphatic carboxylic acids is 1. The topological polar surface area (TPSA) is 37.3 Å². The Morgan fingerprint density at radius 2 is 1.34 bits per heavy atom. The second-order valence-electron chi connectivity index (χ2n) is 11.2. The normalized spacial score (nSPS) is 14.8. The lowest BCUT2D eigenvalue weighted by atomic mass is 9.65. The maximum Gasteiger partial charge on any atom is 0.310 e. The molecular formula is C30H52O2. The van der Waals surface area contributed by atoms with Crippen LogP contribution in [0.25, 0.3) is 0 Å². The maximum atomic E-state index is 12.7. The highest BCUT2D eigenvalue weighted by Crippen LogP contribution is 2.43. The summed E-state index contributed by atoms with van der Waals surface area (Å²) in [4.78, 5) is 12.7. The molecule has 0 aliphatic rings. The minimum atomic E-state index is -0.661. The largest absolute Gasteiger partial charge is 0.481 e. The van der Waals surface area contributed by atoms with Crippen LogP contribution >= 0.6 is 0 Å². The number of carbonyl (C=O) groups is 1. The molecule has 184 valence electrons. The Kier molecular flexibility index (Phi) is 13.9. The van der Waals surface area contributed by atoms with Gasteiger partial charge in [0.1, 0.15) is 0 Å². The molecule has 0 radical (unpaired) electrons. The molecule has 2 unspecified atom stereocenters. The monoisotopic (exact) mass is 444 g/mol. The molecule has 0 heterocycles. The van der Waals surface area contributed by atoms with Crippen molar-refractivity contribution in [2.24, 2.45) is 16.7 Å². The van der Waals surface area contributed by atoms with Crippen molar-refractivity contribution in [2.75, 3.05) is 0 Å². The lowest BCUT2D eigenvalue weighted by molar-refractivity contribution is -0.153. The number of carboxylic acid groups (broad SMARTS) is 1. The fourth-order valence-electron chi connectivity index (χ4n) is 5.10. The standard InChI is InChI=1S/C30H52O2/c1-6-8-9-10-11-12-13-14-15-19-22-27(23-24-29(3,4)5)30(7-2,28(31)32)25-26-20-17-16-18-21-26/h16-18,20-21,27H,6-15,19,22-25H2,1-5H3,(H,31,32). The number of unbranched alkanes of at least 4 members (excludes halogenated alkanes) is 9. The van der Waals surface area contributed by atoms with Gasteiger partial charge in [-0.2, -0.15) is 0 Å². The average Bonchev–Trinajstić information content (AvgIpc) is 2.75. The van der Waals surface area contributed by atoms with E-state index in [0.717, 1.165) is 31.2 Å². The first kappa shape index (κ1) is 28.7. The second-order valence-corrected chi connectivity index (χ2v) is 11.2. The Labute approximate surface area is 199 Å². The number of benzene rings is 1. The Morgan fingerprint density at radius 3 is 1.81 bits per heavy atom.